The number of carbonyl (C=O) groups is 1. The number of carbonyl (C=O) groups excluding carboxylic acids is 1. The lowest BCUT2D eigenvalue weighted by molar-refractivity contribution is 0.102. The van der Waals surface area contributed by atoms with E-state index in [1.165, 1.54) is 0 Å². The number of benzene rings is 1. The van der Waals surface area contributed by atoms with Crippen LogP contribution in [0.1, 0.15) is 21.6 Å². The monoisotopic (exact) mass is 318 g/mol. The van der Waals surface area contributed by atoms with Gasteiger partial charge < -0.3 is 10.6 Å². The molecule has 5 nitrogen and oxygen atoms in total. The second kappa shape index (κ2) is 7.37. The molecule has 24 heavy (non-hydrogen) atoms. The number of hydrogen-bond donors (Lipinski definition) is 2. The van der Waals surface area contributed by atoms with Crippen LogP contribution in [0.5, 0.6) is 0 Å². The van der Waals surface area contributed by atoms with Gasteiger partial charge in [0.05, 0.1) is 24.1 Å². The minimum absolute atomic E-state index is 0.158. The highest BCUT2D eigenvalue weighted by Gasteiger charge is 2.08. The van der Waals surface area contributed by atoms with Gasteiger partial charge in [0, 0.05) is 11.8 Å². The van der Waals surface area contributed by atoms with Gasteiger partial charge in [-0.15, -0.1) is 0 Å². The van der Waals surface area contributed by atoms with E-state index >= 15 is 0 Å². The third kappa shape index (κ3) is 3.95. The molecule has 0 saturated heterocycles. The van der Waals surface area contributed by atoms with Crippen molar-refractivity contribution in [1.82, 2.24) is 9.97 Å². The van der Waals surface area contributed by atoms with Crippen molar-refractivity contribution in [2.45, 2.75) is 13.5 Å². The Balaban J connectivity index is 1.60. The molecule has 0 aliphatic heterocycles. The van der Waals surface area contributed by atoms with Crippen molar-refractivity contribution in [3.63, 3.8) is 0 Å². The first-order chi connectivity index (χ1) is 11.7. The summed E-state index contributed by atoms with van der Waals surface area (Å²) >= 11 is 0. The van der Waals surface area contributed by atoms with Gasteiger partial charge in [-0.2, -0.15) is 0 Å². The molecule has 0 spiro atoms. The van der Waals surface area contributed by atoms with Crippen LogP contribution in [0.25, 0.3) is 0 Å². The summed E-state index contributed by atoms with van der Waals surface area (Å²) in [5.41, 5.74) is 3.41. The summed E-state index contributed by atoms with van der Waals surface area (Å²) in [7, 11) is 0. The van der Waals surface area contributed by atoms with Crippen LogP contribution in [0, 0.1) is 6.92 Å². The van der Waals surface area contributed by atoms with Crippen LogP contribution in [0.3, 0.4) is 0 Å². The third-order valence-electron chi connectivity index (χ3n) is 3.59. The highest BCUT2D eigenvalue weighted by molar-refractivity contribution is 6.04. The molecule has 0 saturated carbocycles. The zero-order valence-corrected chi connectivity index (χ0v) is 13.4. The summed E-state index contributed by atoms with van der Waals surface area (Å²) in [4.78, 5) is 20.8. The van der Waals surface area contributed by atoms with E-state index in [1.807, 2.05) is 49.4 Å². The first-order valence-electron chi connectivity index (χ1n) is 7.69. The number of aryl methyl sites for hydroxylation is 1. The Bertz CT molecular complexity index is 816. The number of pyridine rings is 2. The van der Waals surface area contributed by atoms with Crippen LogP contribution in [-0.2, 0) is 6.54 Å². The van der Waals surface area contributed by atoms with Crippen molar-refractivity contribution < 1.29 is 4.79 Å². The largest absolute Gasteiger partial charge is 0.378 e. The van der Waals surface area contributed by atoms with Gasteiger partial charge in [0.2, 0.25) is 0 Å². The Kier molecular flexibility index (Phi) is 4.81. The lowest BCUT2D eigenvalue weighted by Gasteiger charge is -2.09. The van der Waals surface area contributed by atoms with Crippen LogP contribution >= 0.6 is 0 Å². The number of anilines is 2. The lowest BCUT2D eigenvalue weighted by Crippen LogP contribution is -2.14. The number of nitrogens with zero attached hydrogens (tertiary/aromatic N) is 2. The maximum absolute atomic E-state index is 12.3. The number of hydrogen-bond acceptors (Lipinski definition) is 4. The quantitative estimate of drug-likeness (QED) is 0.753. The second-order valence-corrected chi connectivity index (χ2v) is 5.38. The molecule has 0 aliphatic rings. The smallest absolute Gasteiger partial charge is 0.257 e. The lowest BCUT2D eigenvalue weighted by atomic mass is 10.1. The maximum atomic E-state index is 12.3. The molecule has 0 fully saturated rings. The number of nitrogens with one attached hydrogen (secondary N) is 2. The van der Waals surface area contributed by atoms with Crippen molar-refractivity contribution in [2.24, 2.45) is 0 Å². The van der Waals surface area contributed by atoms with Gasteiger partial charge in [-0.3, -0.25) is 9.78 Å². The van der Waals surface area contributed by atoms with Crippen molar-refractivity contribution in [1.29, 1.82) is 0 Å². The molecule has 5 heteroatoms. The Morgan fingerprint density at radius 1 is 1.00 bits per heavy atom. The van der Waals surface area contributed by atoms with Crippen LogP contribution in [0.15, 0.2) is 67.0 Å². The minimum atomic E-state index is -0.158. The first-order valence-corrected chi connectivity index (χ1v) is 7.69. The molecule has 2 aromatic heterocycles. The number of aromatic nitrogens is 2. The molecule has 2 heterocycles. The minimum Gasteiger partial charge on any atom is -0.378 e. The molecule has 2 N–H and O–H groups in total. The van der Waals surface area contributed by atoms with Gasteiger partial charge >= 0.3 is 0 Å². The zero-order valence-electron chi connectivity index (χ0n) is 13.4. The summed E-state index contributed by atoms with van der Waals surface area (Å²) in [6.45, 7) is 2.53. The van der Waals surface area contributed by atoms with Crippen LogP contribution < -0.4 is 10.6 Å². The average Bonchev–Trinajstić information content (AvgIpc) is 2.62. The molecule has 0 unspecified atom stereocenters. The SMILES string of the molecule is Cc1ccccc1C(=O)Nc1ccc(NCc2ccccn2)cn1. The van der Waals surface area contributed by atoms with Crippen molar-refractivity contribution in [3.05, 3.63) is 83.8 Å². The molecule has 3 rings (SSSR count). The molecule has 0 bridgehead atoms. The fourth-order valence-electron chi connectivity index (χ4n) is 2.28. The second-order valence-electron chi connectivity index (χ2n) is 5.38. The number of amides is 1. The highest BCUT2D eigenvalue weighted by Crippen LogP contribution is 2.13. The number of rotatable bonds is 5. The Labute approximate surface area is 140 Å². The topological polar surface area (TPSA) is 66.9 Å². The molecular formula is C19H18N4O. The predicted octanol–water partition coefficient (Wildman–Crippen LogP) is 3.65. The van der Waals surface area contributed by atoms with Crippen molar-refractivity contribution in [3.8, 4) is 0 Å². The molecule has 0 aliphatic carbocycles. The molecule has 0 atom stereocenters. The van der Waals surface area contributed by atoms with Crippen molar-refractivity contribution >= 4 is 17.4 Å². The van der Waals surface area contributed by atoms with Crippen molar-refractivity contribution in [2.75, 3.05) is 10.6 Å². The fraction of sp³-hybridized carbons (Fsp3) is 0.105. The van der Waals surface area contributed by atoms with E-state index in [0.717, 1.165) is 16.9 Å². The molecule has 0 radical (unpaired) electrons. The summed E-state index contributed by atoms with van der Waals surface area (Å²) in [5, 5.41) is 6.05. The fourth-order valence-corrected chi connectivity index (χ4v) is 2.28. The summed E-state index contributed by atoms with van der Waals surface area (Å²) in [6, 6.07) is 16.9. The first kappa shape index (κ1) is 15.7. The van der Waals surface area contributed by atoms with E-state index in [4.69, 9.17) is 0 Å². The highest BCUT2D eigenvalue weighted by atomic mass is 16.1. The Morgan fingerprint density at radius 2 is 1.83 bits per heavy atom. The molecule has 120 valence electrons. The van der Waals surface area contributed by atoms with Crippen LogP contribution in [0.4, 0.5) is 11.5 Å². The van der Waals surface area contributed by atoms with Crippen LogP contribution in [0.2, 0.25) is 0 Å². The molecule has 1 amide bonds. The zero-order chi connectivity index (χ0) is 16.8. The summed E-state index contributed by atoms with van der Waals surface area (Å²) in [5.74, 6) is 0.362. The van der Waals surface area contributed by atoms with Gasteiger partial charge in [0.1, 0.15) is 5.82 Å². The van der Waals surface area contributed by atoms with E-state index < -0.39 is 0 Å². The third-order valence-corrected chi connectivity index (χ3v) is 3.59. The molecule has 1 aromatic carbocycles. The maximum Gasteiger partial charge on any atom is 0.257 e. The standard InChI is InChI=1S/C19H18N4O/c1-14-6-2-3-8-17(14)19(24)23-18-10-9-16(13-22-18)21-12-15-7-4-5-11-20-15/h2-11,13,21H,12H2,1H3,(H,22,23,24). The van der Waals surface area contributed by atoms with E-state index in [1.54, 1.807) is 24.5 Å². The van der Waals surface area contributed by atoms with E-state index in [-0.39, 0.29) is 5.91 Å². The molecular weight excluding hydrogens is 300 g/mol. The normalized spacial score (nSPS) is 10.2. The van der Waals surface area contributed by atoms with Gasteiger partial charge in [-0.05, 0) is 42.8 Å². The molecule has 3 aromatic rings. The summed E-state index contributed by atoms with van der Waals surface area (Å²) < 4.78 is 0. The van der Waals surface area contributed by atoms with Crippen LogP contribution in [-0.4, -0.2) is 15.9 Å². The van der Waals surface area contributed by atoms with Gasteiger partial charge in [0.15, 0.2) is 0 Å². The van der Waals surface area contributed by atoms with Gasteiger partial charge in [-0.25, -0.2) is 4.98 Å². The Hall–Kier alpha value is -3.21. The average molecular weight is 318 g/mol. The van der Waals surface area contributed by atoms with Gasteiger partial charge in [-0.1, -0.05) is 24.3 Å². The van der Waals surface area contributed by atoms with E-state index in [9.17, 15) is 4.79 Å². The van der Waals surface area contributed by atoms with E-state index in [2.05, 4.69) is 20.6 Å². The predicted molar refractivity (Wildman–Crippen MR) is 94.9 cm³/mol. The summed E-state index contributed by atoms with van der Waals surface area (Å²) in [6.07, 6.45) is 3.45. The van der Waals surface area contributed by atoms with Gasteiger partial charge in [0.25, 0.3) is 5.91 Å². The Morgan fingerprint density at radius 3 is 2.54 bits per heavy atom. The van der Waals surface area contributed by atoms with E-state index in [0.29, 0.717) is 17.9 Å².